The topological polar surface area (TPSA) is 76.0 Å². The number of carbonyl (C=O) groups excluding carboxylic acids is 1. The molecule has 0 unspecified atom stereocenters. The van der Waals surface area contributed by atoms with Crippen LogP contribution in [0.4, 0.5) is 5.69 Å². The molecule has 0 saturated carbocycles. The summed E-state index contributed by atoms with van der Waals surface area (Å²) < 4.78 is 32.5. The van der Waals surface area contributed by atoms with E-state index in [0.717, 1.165) is 21.7 Å². The Morgan fingerprint density at radius 2 is 2.12 bits per heavy atom. The number of aryl methyl sites for hydroxylation is 1. The molecule has 0 spiro atoms. The molecule has 0 saturated heterocycles. The van der Waals surface area contributed by atoms with Gasteiger partial charge in [-0.15, -0.1) is 4.40 Å². The summed E-state index contributed by atoms with van der Waals surface area (Å²) in [5.74, 6) is -0.411. The Balaban J connectivity index is 1.51. The lowest BCUT2D eigenvalue weighted by Crippen LogP contribution is -2.35. The molecule has 0 atom stereocenters. The molecule has 0 aliphatic carbocycles. The van der Waals surface area contributed by atoms with E-state index in [-0.39, 0.29) is 12.4 Å². The molecule has 6 nitrogen and oxygen atoms in total. The number of rotatable bonds is 3. The summed E-state index contributed by atoms with van der Waals surface area (Å²) in [5, 5.41) is 0.441. The molecule has 0 fully saturated rings. The highest BCUT2D eigenvalue weighted by Crippen LogP contribution is 2.42. The van der Waals surface area contributed by atoms with E-state index in [1.807, 2.05) is 42.2 Å². The van der Waals surface area contributed by atoms with Crippen LogP contribution >= 0.6 is 11.8 Å². The first-order valence-electron chi connectivity index (χ1n) is 8.06. The number of carbonyl (C=O) groups is 1. The number of hydrogen-bond donors (Lipinski definition) is 0. The standard InChI is InChI=1S/C18H16N2O4S2/c1-12-3-2-4-13(9-12)11-24-17(21)14-5-6-15-16(10-14)25-18-19-26(22,23)8-7-20(15)18/h2-6,9-10H,7-8,11H2,1H3. The van der Waals surface area contributed by atoms with Crippen LogP contribution < -0.4 is 4.90 Å². The van der Waals surface area contributed by atoms with Gasteiger partial charge in [-0.2, -0.15) is 0 Å². The van der Waals surface area contributed by atoms with Crippen LogP contribution in [-0.4, -0.2) is 31.9 Å². The SMILES string of the molecule is Cc1cccc(COC(=O)c2ccc3c(c2)SC2=NS(=O)(=O)CCN23)c1. The minimum atomic E-state index is -3.39. The maximum Gasteiger partial charge on any atom is 0.338 e. The predicted molar refractivity (Wildman–Crippen MR) is 101 cm³/mol. The molecule has 0 N–H and O–H groups in total. The highest BCUT2D eigenvalue weighted by Gasteiger charge is 2.33. The number of esters is 1. The fourth-order valence-corrected chi connectivity index (χ4v) is 5.19. The van der Waals surface area contributed by atoms with Gasteiger partial charge in [0.15, 0.2) is 5.17 Å². The molecule has 26 heavy (non-hydrogen) atoms. The first-order valence-corrected chi connectivity index (χ1v) is 10.5. The van der Waals surface area contributed by atoms with Crippen LogP contribution in [0.15, 0.2) is 51.8 Å². The van der Waals surface area contributed by atoms with E-state index in [2.05, 4.69) is 4.40 Å². The van der Waals surface area contributed by atoms with Crippen molar-refractivity contribution in [2.45, 2.75) is 18.4 Å². The van der Waals surface area contributed by atoms with Crippen LogP contribution in [0.3, 0.4) is 0 Å². The summed E-state index contributed by atoms with van der Waals surface area (Å²) in [4.78, 5) is 15.0. The third-order valence-corrected chi connectivity index (χ3v) is 6.47. The molecule has 2 aromatic carbocycles. The number of nitrogens with zero attached hydrogens (tertiary/aromatic N) is 2. The molecular formula is C18H16N2O4S2. The number of ether oxygens (including phenoxy) is 1. The fraction of sp³-hybridized carbons (Fsp3) is 0.222. The van der Waals surface area contributed by atoms with E-state index in [4.69, 9.17) is 4.74 Å². The number of amidine groups is 1. The molecule has 2 aliphatic rings. The Kier molecular flexibility index (Phi) is 4.24. The summed E-state index contributed by atoms with van der Waals surface area (Å²) in [6.07, 6.45) is 0. The van der Waals surface area contributed by atoms with Crippen molar-refractivity contribution in [1.82, 2.24) is 0 Å². The summed E-state index contributed by atoms with van der Waals surface area (Å²) in [5.41, 5.74) is 3.36. The Bertz CT molecular complexity index is 1030. The maximum atomic E-state index is 12.3. The van der Waals surface area contributed by atoms with Crippen molar-refractivity contribution < 1.29 is 17.9 Å². The summed E-state index contributed by atoms with van der Waals surface area (Å²) >= 11 is 1.26. The van der Waals surface area contributed by atoms with Gasteiger partial charge < -0.3 is 9.64 Å². The zero-order valence-corrected chi connectivity index (χ0v) is 15.6. The van der Waals surface area contributed by atoms with Gasteiger partial charge in [-0.1, -0.05) is 29.8 Å². The van der Waals surface area contributed by atoms with Gasteiger partial charge >= 0.3 is 5.97 Å². The zero-order valence-electron chi connectivity index (χ0n) is 14.0. The van der Waals surface area contributed by atoms with E-state index < -0.39 is 16.0 Å². The van der Waals surface area contributed by atoms with Crippen molar-refractivity contribution in [3.05, 3.63) is 59.2 Å². The first-order chi connectivity index (χ1) is 12.4. The Labute approximate surface area is 155 Å². The molecule has 0 aromatic heterocycles. The third kappa shape index (κ3) is 3.34. The van der Waals surface area contributed by atoms with Crippen molar-refractivity contribution in [2.75, 3.05) is 17.2 Å². The van der Waals surface area contributed by atoms with Crippen molar-refractivity contribution in [3.63, 3.8) is 0 Å². The van der Waals surface area contributed by atoms with Gasteiger partial charge in [0.25, 0.3) is 10.0 Å². The van der Waals surface area contributed by atoms with Gasteiger partial charge in [0, 0.05) is 11.4 Å². The quantitative estimate of drug-likeness (QED) is 0.753. The fourth-order valence-electron chi connectivity index (χ4n) is 2.89. The van der Waals surface area contributed by atoms with E-state index in [1.54, 1.807) is 12.1 Å². The predicted octanol–water partition coefficient (Wildman–Crippen LogP) is 2.96. The summed E-state index contributed by atoms with van der Waals surface area (Å²) in [6.45, 7) is 2.57. The molecule has 0 amide bonds. The minimum Gasteiger partial charge on any atom is -0.457 e. The molecule has 2 heterocycles. The van der Waals surface area contributed by atoms with Crippen molar-refractivity contribution in [3.8, 4) is 0 Å². The van der Waals surface area contributed by atoms with Crippen LogP contribution in [0.5, 0.6) is 0 Å². The monoisotopic (exact) mass is 388 g/mol. The number of anilines is 1. The second-order valence-corrected chi connectivity index (χ2v) is 8.93. The molecule has 2 aromatic rings. The van der Waals surface area contributed by atoms with E-state index >= 15 is 0 Å². The third-order valence-electron chi connectivity index (χ3n) is 4.16. The average Bonchev–Trinajstić information content (AvgIpc) is 2.94. The van der Waals surface area contributed by atoms with Crippen LogP contribution in [-0.2, 0) is 21.4 Å². The average molecular weight is 388 g/mol. The van der Waals surface area contributed by atoms with Gasteiger partial charge in [0.2, 0.25) is 0 Å². The van der Waals surface area contributed by atoms with Gasteiger partial charge in [0.05, 0.1) is 17.0 Å². The van der Waals surface area contributed by atoms with Crippen molar-refractivity contribution in [1.29, 1.82) is 0 Å². The Morgan fingerprint density at radius 1 is 1.27 bits per heavy atom. The largest absolute Gasteiger partial charge is 0.457 e. The lowest BCUT2D eigenvalue weighted by molar-refractivity contribution is 0.0472. The van der Waals surface area contributed by atoms with Crippen molar-refractivity contribution in [2.24, 2.45) is 4.40 Å². The van der Waals surface area contributed by atoms with Gasteiger partial charge in [0.1, 0.15) is 6.61 Å². The second-order valence-electron chi connectivity index (χ2n) is 6.16. The van der Waals surface area contributed by atoms with Crippen LogP contribution in [0, 0.1) is 6.92 Å². The minimum absolute atomic E-state index is 0.00319. The van der Waals surface area contributed by atoms with E-state index in [1.165, 1.54) is 11.8 Å². The lowest BCUT2D eigenvalue weighted by Gasteiger charge is -2.22. The van der Waals surface area contributed by atoms with E-state index in [9.17, 15) is 13.2 Å². The van der Waals surface area contributed by atoms with Crippen LogP contribution in [0.2, 0.25) is 0 Å². The van der Waals surface area contributed by atoms with Gasteiger partial charge in [-0.25, -0.2) is 13.2 Å². The van der Waals surface area contributed by atoms with Crippen molar-refractivity contribution >= 4 is 38.6 Å². The smallest absolute Gasteiger partial charge is 0.338 e. The van der Waals surface area contributed by atoms with E-state index in [0.29, 0.717) is 17.3 Å². The number of benzene rings is 2. The Hall–Kier alpha value is -2.32. The Morgan fingerprint density at radius 3 is 2.92 bits per heavy atom. The molecule has 0 radical (unpaired) electrons. The molecule has 4 rings (SSSR count). The number of hydrogen-bond acceptors (Lipinski definition) is 6. The molecular weight excluding hydrogens is 372 g/mol. The first kappa shape index (κ1) is 17.1. The maximum absolute atomic E-state index is 12.3. The highest BCUT2D eigenvalue weighted by atomic mass is 32.2. The lowest BCUT2D eigenvalue weighted by atomic mass is 10.1. The van der Waals surface area contributed by atoms with Gasteiger partial charge in [-0.05, 0) is 42.4 Å². The molecule has 2 aliphatic heterocycles. The van der Waals surface area contributed by atoms with Crippen LogP contribution in [0.1, 0.15) is 21.5 Å². The molecule has 8 heteroatoms. The highest BCUT2D eigenvalue weighted by molar-refractivity contribution is 8.15. The molecule has 0 bridgehead atoms. The van der Waals surface area contributed by atoms with Gasteiger partial charge in [-0.3, -0.25) is 0 Å². The number of fused-ring (bicyclic) bond motifs is 3. The summed E-state index contributed by atoms with van der Waals surface area (Å²) in [6, 6.07) is 13.0. The normalized spacial score (nSPS) is 17.3. The number of thioether (sulfide) groups is 1. The molecule has 134 valence electrons. The number of sulfonamides is 1. The second kappa shape index (κ2) is 6.44. The van der Waals surface area contributed by atoms with Crippen LogP contribution in [0.25, 0.3) is 0 Å². The summed E-state index contributed by atoms with van der Waals surface area (Å²) in [7, 11) is -3.39. The zero-order chi connectivity index (χ0) is 18.3.